The van der Waals surface area contributed by atoms with Crippen LogP contribution in [-0.4, -0.2) is 11.5 Å². The van der Waals surface area contributed by atoms with Gasteiger partial charge in [0.05, 0.1) is 0 Å². The zero-order valence-electron chi connectivity index (χ0n) is 4.39. The first-order chi connectivity index (χ1) is 3.31. The second-order valence-electron chi connectivity index (χ2n) is 1.46. The standard InChI is InChI=1S/C5H9OS/c1-2-3-5(6)4-7/h4-5H,2-3H2,1H3. The van der Waals surface area contributed by atoms with E-state index in [0.717, 1.165) is 6.42 Å². The second kappa shape index (κ2) is 4.22. The van der Waals surface area contributed by atoms with E-state index in [-0.39, 0.29) is 0 Å². The molecule has 0 heterocycles. The van der Waals surface area contributed by atoms with Crippen molar-refractivity contribution in [1.29, 1.82) is 0 Å². The van der Waals surface area contributed by atoms with Gasteiger partial charge in [0.25, 0.3) is 0 Å². The van der Waals surface area contributed by atoms with E-state index >= 15 is 0 Å². The van der Waals surface area contributed by atoms with Crippen LogP contribution >= 0.6 is 12.2 Å². The molecule has 2 heteroatoms. The van der Waals surface area contributed by atoms with Crippen LogP contribution in [0.4, 0.5) is 0 Å². The Hall–Kier alpha value is 0.0500. The van der Waals surface area contributed by atoms with E-state index < -0.39 is 6.10 Å². The van der Waals surface area contributed by atoms with Crippen molar-refractivity contribution in [3.05, 3.63) is 0 Å². The number of hydrogen-bond donors (Lipinski definition) is 0. The Morgan fingerprint density at radius 2 is 2.43 bits per heavy atom. The lowest BCUT2D eigenvalue weighted by atomic mass is 10.2. The average molecular weight is 117 g/mol. The monoisotopic (exact) mass is 117 g/mol. The van der Waals surface area contributed by atoms with Gasteiger partial charge in [0.2, 0.25) is 0 Å². The molecule has 41 valence electrons. The van der Waals surface area contributed by atoms with Crippen LogP contribution < -0.4 is 0 Å². The van der Waals surface area contributed by atoms with Crippen LogP contribution in [0.2, 0.25) is 0 Å². The lowest BCUT2D eigenvalue weighted by Crippen LogP contribution is -2.01. The minimum absolute atomic E-state index is 0.611. The molecule has 0 aliphatic heterocycles. The highest BCUT2D eigenvalue weighted by Crippen LogP contribution is 1.92. The Bertz CT molecular complexity index is 54.0. The van der Waals surface area contributed by atoms with Crippen LogP contribution in [0, 0.1) is 0 Å². The summed E-state index contributed by atoms with van der Waals surface area (Å²) in [6.45, 7) is 1.98. The second-order valence-corrected chi connectivity index (χ2v) is 1.74. The van der Waals surface area contributed by atoms with Crippen LogP contribution in [0.25, 0.3) is 0 Å². The van der Waals surface area contributed by atoms with Gasteiger partial charge < -0.3 is 0 Å². The predicted molar refractivity (Wildman–Crippen MR) is 33.0 cm³/mol. The summed E-state index contributed by atoms with van der Waals surface area (Å²) in [5.74, 6) is 0. The normalized spacial score (nSPS) is 13.4. The summed E-state index contributed by atoms with van der Waals surface area (Å²) in [5, 5.41) is 11.6. The minimum atomic E-state index is -0.611. The van der Waals surface area contributed by atoms with Crippen molar-refractivity contribution in [3.63, 3.8) is 0 Å². The largest absolute Gasteiger partial charge is 0.228 e. The average Bonchev–Trinajstić information content (AvgIpc) is 1.68. The van der Waals surface area contributed by atoms with Gasteiger partial charge >= 0.3 is 0 Å². The van der Waals surface area contributed by atoms with Crippen molar-refractivity contribution in [2.45, 2.75) is 25.9 Å². The summed E-state index contributed by atoms with van der Waals surface area (Å²) in [5.41, 5.74) is 0. The van der Waals surface area contributed by atoms with E-state index in [1.54, 1.807) is 0 Å². The maximum absolute atomic E-state index is 10.3. The molecular formula is C5H9OS. The third kappa shape index (κ3) is 3.89. The van der Waals surface area contributed by atoms with Gasteiger partial charge in [0, 0.05) is 5.37 Å². The van der Waals surface area contributed by atoms with Gasteiger partial charge in [-0.25, -0.2) is 5.11 Å². The summed E-state index contributed by atoms with van der Waals surface area (Å²) in [7, 11) is 0. The number of hydrogen-bond acceptors (Lipinski definition) is 1. The van der Waals surface area contributed by atoms with Crippen molar-refractivity contribution < 1.29 is 5.11 Å². The molecule has 0 amide bonds. The molecule has 0 bridgehead atoms. The molecule has 0 aromatic rings. The Kier molecular flexibility index (Phi) is 4.25. The van der Waals surface area contributed by atoms with E-state index in [1.807, 2.05) is 6.92 Å². The van der Waals surface area contributed by atoms with E-state index in [4.69, 9.17) is 0 Å². The van der Waals surface area contributed by atoms with Gasteiger partial charge in [-0.15, -0.1) is 0 Å². The van der Waals surface area contributed by atoms with Crippen LogP contribution in [0.5, 0.6) is 0 Å². The molecule has 0 aromatic carbocycles. The van der Waals surface area contributed by atoms with Crippen LogP contribution in [0.3, 0.4) is 0 Å². The molecule has 0 spiro atoms. The molecule has 1 unspecified atom stereocenters. The maximum Gasteiger partial charge on any atom is 0.121 e. The SMILES string of the molecule is CCCC([O])C=S. The van der Waals surface area contributed by atoms with Gasteiger partial charge in [0.15, 0.2) is 0 Å². The number of thiocarbonyl (C=S) groups is 1. The fourth-order valence-corrected chi connectivity index (χ4v) is 0.489. The summed E-state index contributed by atoms with van der Waals surface area (Å²) >= 11 is 4.40. The summed E-state index contributed by atoms with van der Waals surface area (Å²) < 4.78 is 0. The molecule has 0 saturated heterocycles. The molecular weight excluding hydrogens is 108 g/mol. The Labute approximate surface area is 49.4 Å². The smallest absolute Gasteiger partial charge is 0.121 e. The summed E-state index contributed by atoms with van der Waals surface area (Å²) in [6.07, 6.45) is 1.00. The van der Waals surface area contributed by atoms with Gasteiger partial charge in [-0.2, -0.15) is 0 Å². The first kappa shape index (κ1) is 7.05. The molecule has 0 rings (SSSR count). The molecule has 0 fully saturated rings. The molecule has 7 heavy (non-hydrogen) atoms. The van der Waals surface area contributed by atoms with Crippen molar-refractivity contribution in [2.24, 2.45) is 0 Å². The molecule has 0 aliphatic rings. The maximum atomic E-state index is 10.3. The predicted octanol–water partition coefficient (Wildman–Crippen LogP) is 1.59. The Balaban J connectivity index is 2.98. The van der Waals surface area contributed by atoms with Crippen LogP contribution in [0.1, 0.15) is 19.8 Å². The molecule has 1 radical (unpaired) electrons. The van der Waals surface area contributed by atoms with Crippen molar-refractivity contribution in [2.75, 3.05) is 0 Å². The minimum Gasteiger partial charge on any atom is -0.228 e. The fourth-order valence-electron chi connectivity index (χ4n) is 0.353. The first-order valence-corrected chi connectivity index (χ1v) is 2.89. The number of rotatable bonds is 3. The fraction of sp³-hybridized carbons (Fsp3) is 0.800. The summed E-state index contributed by atoms with van der Waals surface area (Å²) in [4.78, 5) is 0. The van der Waals surface area contributed by atoms with Crippen molar-refractivity contribution in [1.82, 2.24) is 0 Å². The highest BCUT2D eigenvalue weighted by molar-refractivity contribution is 7.79. The van der Waals surface area contributed by atoms with Crippen molar-refractivity contribution >= 4 is 17.6 Å². The molecule has 0 aliphatic carbocycles. The third-order valence-electron chi connectivity index (χ3n) is 0.725. The van der Waals surface area contributed by atoms with E-state index in [0.29, 0.717) is 6.42 Å². The van der Waals surface area contributed by atoms with Crippen LogP contribution in [0.15, 0.2) is 0 Å². The van der Waals surface area contributed by atoms with E-state index in [2.05, 4.69) is 12.2 Å². The van der Waals surface area contributed by atoms with E-state index in [9.17, 15) is 5.11 Å². The lowest BCUT2D eigenvalue weighted by molar-refractivity contribution is 0.143. The highest BCUT2D eigenvalue weighted by atomic mass is 32.1. The molecule has 1 nitrogen and oxygen atoms in total. The highest BCUT2D eigenvalue weighted by Gasteiger charge is 1.95. The van der Waals surface area contributed by atoms with Gasteiger partial charge in [-0.1, -0.05) is 25.6 Å². The Morgan fingerprint density at radius 1 is 1.86 bits per heavy atom. The van der Waals surface area contributed by atoms with Gasteiger partial charge in [-0.3, -0.25) is 0 Å². The molecule has 0 N–H and O–H groups in total. The van der Waals surface area contributed by atoms with Crippen LogP contribution in [-0.2, 0) is 5.11 Å². The third-order valence-corrected chi connectivity index (χ3v) is 1.03. The first-order valence-electron chi connectivity index (χ1n) is 2.42. The Morgan fingerprint density at radius 3 is 2.57 bits per heavy atom. The van der Waals surface area contributed by atoms with Crippen molar-refractivity contribution in [3.8, 4) is 0 Å². The molecule has 0 aromatic heterocycles. The zero-order chi connectivity index (χ0) is 5.70. The summed E-state index contributed by atoms with van der Waals surface area (Å²) in [6, 6.07) is 0. The quantitative estimate of drug-likeness (QED) is 0.514. The molecule has 0 saturated carbocycles. The van der Waals surface area contributed by atoms with E-state index in [1.165, 1.54) is 5.37 Å². The van der Waals surface area contributed by atoms with Gasteiger partial charge in [0.1, 0.15) is 6.10 Å². The van der Waals surface area contributed by atoms with Gasteiger partial charge in [-0.05, 0) is 6.42 Å². The lowest BCUT2D eigenvalue weighted by Gasteiger charge is -1.93. The topological polar surface area (TPSA) is 19.9 Å². The molecule has 1 atom stereocenters. The zero-order valence-corrected chi connectivity index (χ0v) is 5.20.